The first-order valence-electron chi connectivity index (χ1n) is 6.59. The lowest BCUT2D eigenvalue weighted by Gasteiger charge is -2.21. The average molecular weight is 377 g/mol. The van der Waals surface area contributed by atoms with Crippen LogP contribution in [0.2, 0.25) is 0 Å². The van der Waals surface area contributed by atoms with E-state index in [1.54, 1.807) is 12.1 Å². The number of aliphatic carboxylic acids is 1. The first-order valence-corrected chi connectivity index (χ1v) is 8.07. The monoisotopic (exact) mass is 377 g/mol. The van der Waals surface area contributed by atoms with E-state index in [2.05, 4.69) is 0 Å². The van der Waals surface area contributed by atoms with Crippen molar-refractivity contribution in [3.05, 3.63) is 29.8 Å². The quantitative estimate of drug-likeness (QED) is 0.284. The molecule has 1 aliphatic heterocycles. The number of rotatable bonds is 5. The third-order valence-corrected chi connectivity index (χ3v) is 4.45. The molecule has 6 N–H and O–H groups in total. The molecule has 0 radical (unpaired) electrons. The van der Waals surface area contributed by atoms with Crippen molar-refractivity contribution in [3.8, 4) is 0 Å². The van der Waals surface area contributed by atoms with Crippen molar-refractivity contribution in [2.75, 3.05) is 0 Å². The minimum Gasteiger partial charge on any atom is -0.479 e. The molecular weight excluding hydrogens is 362 g/mol. The summed E-state index contributed by atoms with van der Waals surface area (Å²) in [6, 6.07) is 6.09. The number of carbonyl (C=O) groups is 3. The van der Waals surface area contributed by atoms with E-state index in [1.165, 1.54) is 12.1 Å². The predicted octanol–water partition coefficient (Wildman–Crippen LogP) is -3.17. The van der Waals surface area contributed by atoms with Crippen LogP contribution in [0, 0.1) is 0 Å². The number of carboxylic acid groups (broad SMARTS) is 1. The molecule has 11 nitrogen and oxygen atoms in total. The highest BCUT2D eigenvalue weighted by molar-refractivity contribution is 7.90. The summed E-state index contributed by atoms with van der Waals surface area (Å²) in [7, 11) is -3.55. The summed E-state index contributed by atoms with van der Waals surface area (Å²) in [6.45, 7) is 0. The largest absolute Gasteiger partial charge is 0.479 e. The van der Waals surface area contributed by atoms with Crippen LogP contribution in [0.15, 0.2) is 29.2 Å². The maximum absolute atomic E-state index is 11.1. The van der Waals surface area contributed by atoms with Gasteiger partial charge in [0, 0.05) is 0 Å². The fraction of sp³-hybridized carbons (Fsp3) is 0.308. The van der Waals surface area contributed by atoms with Gasteiger partial charge in [-0.3, -0.25) is 4.79 Å². The third kappa shape index (κ3) is 4.80. The molecular formula is C13H15NO10S. The molecule has 12 heteroatoms. The van der Waals surface area contributed by atoms with Crippen LogP contribution in [0.3, 0.4) is 0 Å². The maximum atomic E-state index is 11.1. The highest BCUT2D eigenvalue weighted by Gasteiger charge is 2.34. The first kappa shape index (κ1) is 20.7. The maximum Gasteiger partial charge on any atom is 0.335 e. The molecule has 1 heterocycles. The summed E-state index contributed by atoms with van der Waals surface area (Å²) < 4.78 is 24.2. The predicted molar refractivity (Wildman–Crippen MR) is 78.8 cm³/mol. The van der Waals surface area contributed by atoms with Gasteiger partial charge in [-0.15, -0.1) is 0 Å². The van der Waals surface area contributed by atoms with Crippen LogP contribution in [0.5, 0.6) is 0 Å². The van der Waals surface area contributed by atoms with Gasteiger partial charge >= 0.3 is 5.97 Å². The number of aldehydes is 1. The summed E-state index contributed by atoms with van der Waals surface area (Å²) >= 11 is 0. The van der Waals surface area contributed by atoms with Crippen molar-refractivity contribution in [2.24, 2.45) is 0 Å². The average Bonchev–Trinajstić information content (AvgIpc) is 2.82. The smallest absolute Gasteiger partial charge is 0.335 e. The second-order valence-electron chi connectivity index (χ2n) is 4.82. The zero-order valence-electron chi connectivity index (χ0n) is 12.4. The molecule has 0 saturated carbocycles. The highest BCUT2D eigenvalue weighted by atomic mass is 32.2. The highest BCUT2D eigenvalue weighted by Crippen LogP contribution is 2.20. The summed E-state index contributed by atoms with van der Waals surface area (Å²) in [6.07, 6.45) is -8.39. The number of aliphatic hydroxyl groups is 4. The molecule has 0 aliphatic carbocycles. The Labute approximate surface area is 141 Å². The molecule has 1 amide bonds. The molecule has 0 spiro atoms. The van der Waals surface area contributed by atoms with Crippen LogP contribution in [0.4, 0.5) is 0 Å². The minimum atomic E-state index is -3.55. The summed E-state index contributed by atoms with van der Waals surface area (Å²) in [4.78, 5) is 31.0. The van der Waals surface area contributed by atoms with Crippen LogP contribution in [-0.2, 0) is 19.6 Å². The molecule has 25 heavy (non-hydrogen) atoms. The standard InChI is InChI=1S/C7H5NO3S.C6H10O7/c9-7-5-3-1-2-4-6(5)12(10,11)8-7;7-1-2(8)3(9)4(10)5(11)6(12)13/h1-4H,(H,8,9);1-5,8-11H,(H,12,13)/t;2-,3+,4-,5-/m.0/s1. The number of nitrogens with one attached hydrogen (secondary N) is 1. The molecule has 0 unspecified atom stereocenters. The Kier molecular flexibility index (Phi) is 6.72. The van der Waals surface area contributed by atoms with Gasteiger partial charge in [0.2, 0.25) is 0 Å². The molecule has 0 bridgehead atoms. The van der Waals surface area contributed by atoms with E-state index in [4.69, 9.17) is 25.5 Å². The number of sulfonamides is 1. The Hall–Kier alpha value is -2.38. The molecule has 0 fully saturated rings. The lowest BCUT2D eigenvalue weighted by Crippen LogP contribution is -2.48. The van der Waals surface area contributed by atoms with Gasteiger partial charge in [0.05, 0.1) is 5.56 Å². The van der Waals surface area contributed by atoms with E-state index >= 15 is 0 Å². The van der Waals surface area contributed by atoms with Gasteiger partial charge < -0.3 is 30.3 Å². The lowest BCUT2D eigenvalue weighted by molar-refractivity contribution is -0.163. The van der Waals surface area contributed by atoms with Gasteiger partial charge in [0.1, 0.15) is 23.2 Å². The molecule has 0 saturated heterocycles. The Morgan fingerprint density at radius 1 is 1.08 bits per heavy atom. The van der Waals surface area contributed by atoms with E-state index < -0.39 is 46.3 Å². The molecule has 2 rings (SSSR count). The summed E-state index contributed by atoms with van der Waals surface area (Å²) in [5.74, 6) is -2.31. The summed E-state index contributed by atoms with van der Waals surface area (Å²) in [5, 5.41) is 43.2. The zero-order valence-corrected chi connectivity index (χ0v) is 13.2. The van der Waals surface area contributed by atoms with Gasteiger partial charge in [-0.2, -0.15) is 0 Å². The first-order chi connectivity index (χ1) is 11.5. The van der Waals surface area contributed by atoms with Crippen LogP contribution in [0.25, 0.3) is 0 Å². The number of carboxylic acids is 1. The van der Waals surface area contributed by atoms with Crippen LogP contribution in [0.1, 0.15) is 10.4 Å². The van der Waals surface area contributed by atoms with Crippen molar-refractivity contribution in [1.29, 1.82) is 0 Å². The van der Waals surface area contributed by atoms with E-state index in [1.807, 2.05) is 4.72 Å². The molecule has 0 aromatic heterocycles. The van der Waals surface area contributed by atoms with E-state index in [0.29, 0.717) is 0 Å². The second-order valence-corrected chi connectivity index (χ2v) is 6.47. The SMILES string of the molecule is O=C1NS(=O)(=O)c2ccccc21.O=C[C@H](O)[C@@H](O)[C@H](O)[C@H](O)C(=O)O. The molecule has 1 aliphatic rings. The van der Waals surface area contributed by atoms with Crippen LogP contribution in [-0.4, -0.2) is 76.5 Å². The van der Waals surface area contributed by atoms with Crippen LogP contribution >= 0.6 is 0 Å². The number of hydrogen-bond donors (Lipinski definition) is 6. The Balaban J connectivity index is 0.000000250. The Morgan fingerprint density at radius 2 is 1.64 bits per heavy atom. The van der Waals surface area contributed by atoms with Gasteiger partial charge in [0.15, 0.2) is 12.4 Å². The fourth-order valence-corrected chi connectivity index (χ4v) is 2.91. The number of aliphatic hydroxyl groups excluding tert-OH is 4. The lowest BCUT2D eigenvalue weighted by atomic mass is 10.0. The number of amides is 1. The van der Waals surface area contributed by atoms with Crippen molar-refractivity contribution >= 4 is 28.2 Å². The van der Waals surface area contributed by atoms with E-state index in [9.17, 15) is 22.8 Å². The molecule has 138 valence electrons. The van der Waals surface area contributed by atoms with Gasteiger partial charge in [-0.25, -0.2) is 17.9 Å². The van der Waals surface area contributed by atoms with Crippen molar-refractivity contribution in [2.45, 2.75) is 29.3 Å². The van der Waals surface area contributed by atoms with E-state index in [-0.39, 0.29) is 16.7 Å². The van der Waals surface area contributed by atoms with Crippen molar-refractivity contribution in [3.63, 3.8) is 0 Å². The number of fused-ring (bicyclic) bond motifs is 1. The molecule has 1 aromatic rings. The Bertz CT molecular complexity index is 762. The number of hydrogen-bond acceptors (Lipinski definition) is 9. The van der Waals surface area contributed by atoms with Crippen LogP contribution < -0.4 is 4.72 Å². The Morgan fingerprint density at radius 3 is 2.12 bits per heavy atom. The molecule has 4 atom stereocenters. The number of benzene rings is 1. The topological polar surface area (TPSA) is 199 Å². The van der Waals surface area contributed by atoms with Gasteiger partial charge in [-0.05, 0) is 12.1 Å². The fourth-order valence-electron chi connectivity index (χ4n) is 1.74. The van der Waals surface area contributed by atoms with Crippen molar-refractivity contribution < 1.29 is 48.3 Å². The van der Waals surface area contributed by atoms with Gasteiger partial charge in [-0.1, -0.05) is 12.1 Å². The second kappa shape index (κ2) is 8.13. The van der Waals surface area contributed by atoms with E-state index in [0.717, 1.165) is 0 Å². The molecule has 1 aromatic carbocycles. The minimum absolute atomic E-state index is 0.0648. The normalized spacial score (nSPS) is 19.3. The zero-order chi connectivity index (χ0) is 19.4. The van der Waals surface area contributed by atoms with Crippen molar-refractivity contribution in [1.82, 2.24) is 4.72 Å². The summed E-state index contributed by atoms with van der Waals surface area (Å²) in [5.41, 5.74) is 0.220. The number of carbonyl (C=O) groups excluding carboxylic acids is 2. The van der Waals surface area contributed by atoms with Gasteiger partial charge in [0.25, 0.3) is 15.9 Å². The third-order valence-electron chi connectivity index (χ3n) is 3.06.